The molecule has 0 saturated heterocycles. The minimum Gasteiger partial charge on any atom is -0.309 e. The van der Waals surface area contributed by atoms with Gasteiger partial charge in [-0.25, -0.2) is 0 Å². The molecular weight excluding hydrogens is 266 g/mol. The van der Waals surface area contributed by atoms with Crippen molar-refractivity contribution in [2.45, 2.75) is 38.5 Å². The maximum Gasteiger partial charge on any atom is 0.231 e. The molecule has 0 unspecified atom stereocenters. The van der Waals surface area contributed by atoms with Gasteiger partial charge in [0.15, 0.2) is 5.82 Å². The molecule has 0 bridgehead atoms. The molecule has 1 atom stereocenters. The topological polar surface area (TPSA) is 83.6 Å². The van der Waals surface area contributed by atoms with E-state index in [0.717, 1.165) is 30.7 Å². The molecule has 6 heteroatoms. The molecule has 21 heavy (non-hydrogen) atoms. The fourth-order valence-corrected chi connectivity index (χ4v) is 2.60. The first-order valence-electron chi connectivity index (χ1n) is 7.15. The van der Waals surface area contributed by atoms with E-state index in [1.54, 1.807) is 12.4 Å². The van der Waals surface area contributed by atoms with Gasteiger partial charge in [0.05, 0.1) is 17.8 Å². The first kappa shape index (κ1) is 13.7. The summed E-state index contributed by atoms with van der Waals surface area (Å²) in [6, 6.07) is 1.92. The van der Waals surface area contributed by atoms with Crippen LogP contribution < -0.4 is 5.32 Å². The number of carbonyl (C=O) groups excluding carboxylic acids is 1. The number of nitrogens with one attached hydrogen (secondary N) is 2. The quantitative estimate of drug-likeness (QED) is 0.901. The molecular formula is C15H18N5O. The van der Waals surface area contributed by atoms with Gasteiger partial charge < -0.3 is 5.32 Å². The van der Waals surface area contributed by atoms with E-state index < -0.39 is 0 Å². The molecule has 2 aromatic rings. The van der Waals surface area contributed by atoms with E-state index in [0.29, 0.717) is 17.4 Å². The Morgan fingerprint density at radius 1 is 1.48 bits per heavy atom. The fourth-order valence-electron chi connectivity index (χ4n) is 2.60. The monoisotopic (exact) mass is 284 g/mol. The Hall–Kier alpha value is -2.24. The van der Waals surface area contributed by atoms with Crippen LogP contribution in [0.1, 0.15) is 42.3 Å². The summed E-state index contributed by atoms with van der Waals surface area (Å²) in [7, 11) is 0. The Morgan fingerprint density at radius 2 is 2.38 bits per heavy atom. The molecule has 6 nitrogen and oxygen atoms in total. The number of anilines is 1. The molecule has 1 amide bonds. The highest BCUT2D eigenvalue weighted by Gasteiger charge is 2.19. The van der Waals surface area contributed by atoms with Crippen LogP contribution in [-0.4, -0.2) is 26.1 Å². The van der Waals surface area contributed by atoms with Crippen LogP contribution in [0, 0.1) is 13.3 Å². The molecule has 2 aromatic heterocycles. The zero-order valence-corrected chi connectivity index (χ0v) is 12.0. The zero-order chi connectivity index (χ0) is 14.7. The van der Waals surface area contributed by atoms with E-state index in [-0.39, 0.29) is 12.3 Å². The molecule has 0 spiro atoms. The lowest BCUT2D eigenvalue weighted by atomic mass is 10.0. The third-order valence-corrected chi connectivity index (χ3v) is 3.62. The Morgan fingerprint density at radius 3 is 3.14 bits per heavy atom. The van der Waals surface area contributed by atoms with Crippen molar-refractivity contribution < 1.29 is 4.79 Å². The van der Waals surface area contributed by atoms with E-state index in [1.165, 1.54) is 0 Å². The first-order valence-corrected chi connectivity index (χ1v) is 7.15. The number of rotatable bonds is 4. The molecule has 0 aliphatic heterocycles. The molecule has 2 heterocycles. The lowest BCUT2D eigenvalue weighted by Crippen LogP contribution is -2.15. The minimum absolute atomic E-state index is 0.133. The summed E-state index contributed by atoms with van der Waals surface area (Å²) in [6.07, 6.45) is 9.14. The Kier molecular flexibility index (Phi) is 3.94. The largest absolute Gasteiger partial charge is 0.309 e. The summed E-state index contributed by atoms with van der Waals surface area (Å²) in [5.41, 5.74) is 2.56. The van der Waals surface area contributed by atoms with Crippen molar-refractivity contribution in [1.82, 2.24) is 20.2 Å². The molecule has 1 radical (unpaired) electrons. The minimum atomic E-state index is -0.133. The molecule has 2 N–H and O–H groups in total. The van der Waals surface area contributed by atoms with Crippen molar-refractivity contribution in [1.29, 1.82) is 0 Å². The van der Waals surface area contributed by atoms with Crippen LogP contribution in [0.15, 0.2) is 18.5 Å². The maximum absolute atomic E-state index is 12.0. The summed E-state index contributed by atoms with van der Waals surface area (Å²) >= 11 is 0. The van der Waals surface area contributed by atoms with Gasteiger partial charge in [-0.3, -0.25) is 19.9 Å². The van der Waals surface area contributed by atoms with Gasteiger partial charge >= 0.3 is 0 Å². The predicted molar refractivity (Wildman–Crippen MR) is 78.6 cm³/mol. The summed E-state index contributed by atoms with van der Waals surface area (Å²) in [4.78, 5) is 20.3. The Labute approximate surface area is 123 Å². The summed E-state index contributed by atoms with van der Waals surface area (Å²) in [5.74, 6) is 0.944. The lowest BCUT2D eigenvalue weighted by molar-refractivity contribution is -0.115. The van der Waals surface area contributed by atoms with Gasteiger partial charge in [-0.2, -0.15) is 5.10 Å². The molecule has 0 aromatic carbocycles. The van der Waals surface area contributed by atoms with Crippen LogP contribution >= 0.6 is 0 Å². The van der Waals surface area contributed by atoms with Gasteiger partial charge in [0.2, 0.25) is 5.91 Å². The zero-order valence-electron chi connectivity index (χ0n) is 12.0. The summed E-state index contributed by atoms with van der Waals surface area (Å²) < 4.78 is 0. The second kappa shape index (κ2) is 6.03. The van der Waals surface area contributed by atoms with Gasteiger partial charge in [-0.1, -0.05) is 0 Å². The van der Waals surface area contributed by atoms with Gasteiger partial charge in [-0.15, -0.1) is 0 Å². The van der Waals surface area contributed by atoms with Crippen LogP contribution in [0.3, 0.4) is 0 Å². The number of hydrogen-bond donors (Lipinski definition) is 2. The first-order chi connectivity index (χ1) is 10.2. The van der Waals surface area contributed by atoms with Crippen LogP contribution in [0.2, 0.25) is 0 Å². The molecule has 109 valence electrons. The number of amides is 1. The fraction of sp³-hybridized carbons (Fsp3) is 0.400. The van der Waals surface area contributed by atoms with E-state index in [1.807, 2.05) is 13.0 Å². The molecule has 1 saturated carbocycles. The van der Waals surface area contributed by atoms with Gasteiger partial charge in [0.1, 0.15) is 0 Å². The number of aromatic nitrogens is 4. The summed E-state index contributed by atoms with van der Waals surface area (Å²) in [5, 5.41) is 9.96. The highest BCUT2D eigenvalue weighted by Crippen LogP contribution is 2.32. The van der Waals surface area contributed by atoms with Crippen LogP contribution in [0.25, 0.3) is 0 Å². The smallest absolute Gasteiger partial charge is 0.231 e. The van der Waals surface area contributed by atoms with E-state index >= 15 is 0 Å². The SMILES string of the molecule is Cc1cncc(CC(=O)Nc2cc([C@H]3C[CH]CC3)[nH]n2)n1. The average Bonchev–Trinajstić information content (AvgIpc) is 3.08. The standard InChI is InChI=1S/C15H18N5O/c1-10-8-16-9-12(17-10)6-15(21)18-14-7-13(19-20-14)11-4-2-3-5-11/h2,7-9,11H,3-6H2,1H3,(H2,18,19,20,21)/t11-/m0/s1. The third-order valence-electron chi connectivity index (χ3n) is 3.62. The van der Waals surface area contributed by atoms with Crippen molar-refractivity contribution in [3.8, 4) is 0 Å². The van der Waals surface area contributed by atoms with Crippen LogP contribution in [0.5, 0.6) is 0 Å². The van der Waals surface area contributed by atoms with Crippen molar-refractivity contribution in [3.05, 3.63) is 42.0 Å². The number of nitrogens with zero attached hydrogens (tertiary/aromatic N) is 3. The van der Waals surface area contributed by atoms with Gasteiger partial charge in [0.25, 0.3) is 0 Å². The number of hydrogen-bond acceptors (Lipinski definition) is 4. The highest BCUT2D eigenvalue weighted by atomic mass is 16.1. The third kappa shape index (κ3) is 3.45. The van der Waals surface area contributed by atoms with Crippen molar-refractivity contribution in [2.75, 3.05) is 5.32 Å². The number of aryl methyl sites for hydroxylation is 1. The molecule has 3 rings (SSSR count). The number of aromatic amines is 1. The Balaban J connectivity index is 1.59. The number of carbonyl (C=O) groups is 1. The predicted octanol–water partition coefficient (Wildman–Crippen LogP) is 2.16. The van der Waals surface area contributed by atoms with Gasteiger partial charge in [0, 0.05) is 30.1 Å². The highest BCUT2D eigenvalue weighted by molar-refractivity contribution is 5.91. The summed E-state index contributed by atoms with van der Waals surface area (Å²) in [6.45, 7) is 1.85. The lowest BCUT2D eigenvalue weighted by Gasteiger charge is -2.03. The maximum atomic E-state index is 12.0. The van der Waals surface area contributed by atoms with E-state index in [4.69, 9.17) is 0 Å². The van der Waals surface area contributed by atoms with Crippen molar-refractivity contribution in [3.63, 3.8) is 0 Å². The van der Waals surface area contributed by atoms with Crippen molar-refractivity contribution >= 4 is 11.7 Å². The van der Waals surface area contributed by atoms with Crippen molar-refractivity contribution in [2.24, 2.45) is 0 Å². The molecule has 1 fully saturated rings. The average molecular weight is 284 g/mol. The van der Waals surface area contributed by atoms with Gasteiger partial charge in [-0.05, 0) is 32.6 Å². The Bertz CT molecular complexity index is 630. The normalized spacial score (nSPS) is 15.3. The second-order valence-electron chi connectivity index (χ2n) is 5.38. The second-order valence-corrected chi connectivity index (χ2v) is 5.38. The number of H-pyrrole nitrogens is 1. The van der Waals surface area contributed by atoms with Crippen LogP contribution in [-0.2, 0) is 11.2 Å². The van der Waals surface area contributed by atoms with Crippen LogP contribution in [0.4, 0.5) is 5.82 Å². The molecule has 1 aliphatic rings. The van der Waals surface area contributed by atoms with E-state index in [9.17, 15) is 4.79 Å². The van der Waals surface area contributed by atoms with E-state index in [2.05, 4.69) is 31.9 Å². The molecule has 1 aliphatic carbocycles.